The Morgan fingerprint density at radius 2 is 1.87 bits per heavy atom. The fraction of sp³-hybridized carbons (Fsp3) is 0.308. The van der Waals surface area contributed by atoms with Crippen LogP contribution in [0.15, 0.2) is 77.1 Å². The Kier molecular flexibility index (Phi) is 6.92. The molecule has 1 heterocycles. The van der Waals surface area contributed by atoms with Crippen molar-refractivity contribution in [2.75, 3.05) is 6.61 Å². The van der Waals surface area contributed by atoms with Crippen LogP contribution >= 0.6 is 11.8 Å². The molecule has 0 aromatic heterocycles. The number of amidine groups is 1. The maximum Gasteiger partial charge on any atom is 0.267 e. The highest BCUT2D eigenvalue weighted by molar-refractivity contribution is 8.18. The Morgan fingerprint density at radius 1 is 1.13 bits per heavy atom. The number of benzene rings is 2. The second-order valence-corrected chi connectivity index (χ2v) is 9.02. The summed E-state index contributed by atoms with van der Waals surface area (Å²) in [7, 11) is 0. The lowest BCUT2D eigenvalue weighted by Gasteiger charge is -2.35. The van der Waals surface area contributed by atoms with Crippen LogP contribution in [0.4, 0.5) is 5.69 Å². The largest absolute Gasteiger partial charge is 0.490 e. The lowest BCUT2D eigenvalue weighted by molar-refractivity contribution is -0.124. The van der Waals surface area contributed by atoms with Gasteiger partial charge in [0.25, 0.3) is 5.91 Å². The summed E-state index contributed by atoms with van der Waals surface area (Å²) in [5.74, 6) is 1.32. The minimum Gasteiger partial charge on any atom is -0.490 e. The van der Waals surface area contributed by atoms with Gasteiger partial charge in [0.05, 0.1) is 10.6 Å². The molecule has 1 aliphatic heterocycles. The van der Waals surface area contributed by atoms with Crippen molar-refractivity contribution >= 4 is 34.6 Å². The first-order valence-electron chi connectivity index (χ1n) is 10.9. The Hall–Kier alpha value is -2.79. The molecule has 1 amide bonds. The quantitative estimate of drug-likeness (QED) is 0.390. The second-order valence-electron chi connectivity index (χ2n) is 8.01. The summed E-state index contributed by atoms with van der Waals surface area (Å²) in [5.41, 5.74) is 1.84. The summed E-state index contributed by atoms with van der Waals surface area (Å²) in [5, 5.41) is 0.784. The number of para-hydroxylation sites is 1. The Morgan fingerprint density at radius 3 is 2.58 bits per heavy atom. The van der Waals surface area contributed by atoms with E-state index < -0.39 is 0 Å². The molecule has 1 saturated heterocycles. The number of carbonyl (C=O) groups excluding carboxylic acids is 1. The first-order chi connectivity index (χ1) is 15.2. The molecule has 0 spiro atoms. The first kappa shape index (κ1) is 21.4. The van der Waals surface area contributed by atoms with Crippen molar-refractivity contribution in [2.45, 2.75) is 38.6 Å². The van der Waals surface area contributed by atoms with Crippen LogP contribution in [0.3, 0.4) is 0 Å². The van der Waals surface area contributed by atoms with Crippen molar-refractivity contribution in [3.05, 3.63) is 77.7 Å². The first-order valence-corrected chi connectivity index (χ1v) is 11.7. The average Bonchev–Trinajstić information content (AvgIpc) is 3.09. The van der Waals surface area contributed by atoms with Gasteiger partial charge in [-0.05, 0) is 66.4 Å². The minimum absolute atomic E-state index is 0.0606. The van der Waals surface area contributed by atoms with E-state index in [9.17, 15) is 4.79 Å². The van der Waals surface area contributed by atoms with E-state index in [0.717, 1.165) is 41.4 Å². The highest BCUT2D eigenvalue weighted by Crippen LogP contribution is 2.40. The molecule has 1 aliphatic carbocycles. The van der Waals surface area contributed by atoms with Gasteiger partial charge in [0.2, 0.25) is 0 Å². The van der Waals surface area contributed by atoms with E-state index in [0.29, 0.717) is 17.4 Å². The topological polar surface area (TPSA) is 41.9 Å². The fourth-order valence-electron chi connectivity index (χ4n) is 4.12. The third kappa shape index (κ3) is 5.10. The maximum atomic E-state index is 13.5. The van der Waals surface area contributed by atoms with E-state index in [1.807, 2.05) is 65.6 Å². The molecule has 4 rings (SSSR count). The van der Waals surface area contributed by atoms with Gasteiger partial charge in [0, 0.05) is 6.04 Å². The number of amides is 1. The van der Waals surface area contributed by atoms with E-state index in [1.54, 1.807) is 6.08 Å². The molecular weight excluding hydrogens is 404 g/mol. The second kappa shape index (κ2) is 10.0. The lowest BCUT2D eigenvalue weighted by Crippen LogP contribution is -2.44. The molecule has 2 aliphatic rings. The number of nitrogens with zero attached hydrogens (tertiary/aromatic N) is 2. The Bertz CT molecular complexity index is 982. The Balaban J connectivity index is 1.63. The van der Waals surface area contributed by atoms with Gasteiger partial charge in [0.15, 0.2) is 5.17 Å². The molecule has 0 bridgehead atoms. The number of thioether (sulfide) groups is 1. The third-order valence-corrected chi connectivity index (χ3v) is 6.74. The van der Waals surface area contributed by atoms with E-state index in [1.165, 1.54) is 18.2 Å². The van der Waals surface area contributed by atoms with Crippen LogP contribution in [0.2, 0.25) is 0 Å². The van der Waals surface area contributed by atoms with Crippen LogP contribution in [0.1, 0.15) is 38.2 Å². The SMILES string of the molecule is C=CCOc1ccc(/C=C2\SC(=Nc3ccccc3)N([C@@H]3CCCC[C@H]3C)C2=O)cc1. The zero-order valence-corrected chi connectivity index (χ0v) is 18.7. The molecule has 4 nitrogen and oxygen atoms in total. The number of aliphatic imine (C=N–C) groups is 1. The summed E-state index contributed by atoms with van der Waals surface area (Å²) in [6, 6.07) is 17.9. The third-order valence-electron chi connectivity index (χ3n) is 5.76. The van der Waals surface area contributed by atoms with Gasteiger partial charge in [-0.25, -0.2) is 4.99 Å². The normalized spacial score (nSPS) is 24.0. The van der Waals surface area contributed by atoms with Crippen LogP contribution in [-0.4, -0.2) is 28.6 Å². The number of ether oxygens (including phenoxy) is 1. The van der Waals surface area contributed by atoms with E-state index in [-0.39, 0.29) is 11.9 Å². The van der Waals surface area contributed by atoms with Crippen LogP contribution in [0, 0.1) is 5.92 Å². The summed E-state index contributed by atoms with van der Waals surface area (Å²) in [6.07, 6.45) is 8.26. The molecule has 2 fully saturated rings. The van der Waals surface area contributed by atoms with E-state index in [4.69, 9.17) is 9.73 Å². The van der Waals surface area contributed by atoms with Crippen LogP contribution in [0.25, 0.3) is 6.08 Å². The summed E-state index contributed by atoms with van der Waals surface area (Å²) < 4.78 is 5.55. The number of hydrogen-bond acceptors (Lipinski definition) is 4. The van der Waals surface area contributed by atoms with Crippen molar-refractivity contribution < 1.29 is 9.53 Å². The monoisotopic (exact) mass is 432 g/mol. The summed E-state index contributed by atoms with van der Waals surface area (Å²) >= 11 is 1.47. The predicted octanol–water partition coefficient (Wildman–Crippen LogP) is 6.43. The standard InChI is InChI=1S/C26H28N2O2S/c1-3-17-30-22-15-13-20(14-16-22)18-24-25(29)28(23-12-8-7-9-19(23)2)26(31-24)27-21-10-5-4-6-11-21/h3-6,10-11,13-16,18-19,23H,1,7-9,12,17H2,2H3/b24-18-,27-26?/t19-,23-/m1/s1. The van der Waals surface area contributed by atoms with Crippen LogP contribution in [0.5, 0.6) is 5.75 Å². The van der Waals surface area contributed by atoms with Gasteiger partial charge >= 0.3 is 0 Å². The zero-order valence-electron chi connectivity index (χ0n) is 17.9. The summed E-state index contributed by atoms with van der Waals surface area (Å²) in [4.78, 5) is 21.0. The van der Waals surface area contributed by atoms with Gasteiger partial charge in [-0.1, -0.05) is 62.8 Å². The van der Waals surface area contributed by atoms with E-state index in [2.05, 4.69) is 13.5 Å². The van der Waals surface area contributed by atoms with Crippen LogP contribution < -0.4 is 4.74 Å². The van der Waals surface area contributed by atoms with Crippen molar-refractivity contribution in [3.8, 4) is 5.75 Å². The number of carbonyl (C=O) groups is 1. The molecule has 0 unspecified atom stereocenters. The summed E-state index contributed by atoms with van der Waals surface area (Å²) in [6.45, 7) is 6.40. The maximum absolute atomic E-state index is 13.5. The van der Waals surface area contributed by atoms with Crippen molar-refractivity contribution in [3.63, 3.8) is 0 Å². The zero-order chi connectivity index (χ0) is 21.6. The van der Waals surface area contributed by atoms with Crippen molar-refractivity contribution in [2.24, 2.45) is 10.9 Å². The van der Waals surface area contributed by atoms with Crippen molar-refractivity contribution in [1.82, 2.24) is 4.90 Å². The lowest BCUT2D eigenvalue weighted by atomic mass is 9.85. The smallest absolute Gasteiger partial charge is 0.267 e. The molecule has 5 heteroatoms. The molecular formula is C26H28N2O2S. The average molecular weight is 433 g/mol. The highest BCUT2D eigenvalue weighted by atomic mass is 32.2. The van der Waals surface area contributed by atoms with Gasteiger partial charge in [-0.3, -0.25) is 9.69 Å². The molecule has 0 N–H and O–H groups in total. The van der Waals surface area contributed by atoms with Crippen LogP contribution in [-0.2, 0) is 4.79 Å². The number of rotatable bonds is 6. The highest BCUT2D eigenvalue weighted by Gasteiger charge is 2.41. The van der Waals surface area contributed by atoms with Crippen molar-refractivity contribution in [1.29, 1.82) is 0 Å². The molecule has 0 radical (unpaired) electrons. The molecule has 1 saturated carbocycles. The predicted molar refractivity (Wildman–Crippen MR) is 130 cm³/mol. The van der Waals surface area contributed by atoms with Gasteiger partial charge in [0.1, 0.15) is 12.4 Å². The van der Waals surface area contributed by atoms with Gasteiger partial charge in [-0.15, -0.1) is 0 Å². The molecule has 2 aromatic carbocycles. The Labute approximate surface area is 188 Å². The van der Waals surface area contributed by atoms with E-state index >= 15 is 0 Å². The molecule has 2 atom stereocenters. The fourth-order valence-corrected chi connectivity index (χ4v) is 5.16. The van der Waals surface area contributed by atoms with Gasteiger partial charge in [-0.2, -0.15) is 0 Å². The van der Waals surface area contributed by atoms with Gasteiger partial charge < -0.3 is 4.74 Å². The minimum atomic E-state index is 0.0606. The molecule has 160 valence electrons. The molecule has 2 aromatic rings. The molecule has 31 heavy (non-hydrogen) atoms. The number of hydrogen-bond donors (Lipinski definition) is 0.